The van der Waals surface area contributed by atoms with E-state index in [1.165, 1.54) is 0 Å². The highest BCUT2D eigenvalue weighted by Gasteiger charge is 2.37. The van der Waals surface area contributed by atoms with Gasteiger partial charge in [0.25, 0.3) is 0 Å². The van der Waals surface area contributed by atoms with Crippen LogP contribution in [0.25, 0.3) is 0 Å². The number of ether oxygens (including phenoxy) is 1. The van der Waals surface area contributed by atoms with E-state index in [1.54, 1.807) is 0 Å². The van der Waals surface area contributed by atoms with Crippen molar-refractivity contribution in [3.63, 3.8) is 0 Å². The highest BCUT2D eigenvalue weighted by atomic mass is 16.8. The van der Waals surface area contributed by atoms with Crippen molar-refractivity contribution in [1.29, 1.82) is 0 Å². The van der Waals surface area contributed by atoms with Crippen molar-refractivity contribution in [3.05, 3.63) is 0 Å². The van der Waals surface area contributed by atoms with Crippen molar-refractivity contribution in [2.45, 2.75) is 38.3 Å². The van der Waals surface area contributed by atoms with Crippen LogP contribution in [0.15, 0.2) is 0 Å². The van der Waals surface area contributed by atoms with E-state index < -0.39 is 6.16 Å². The smallest absolute Gasteiger partial charge is 0.429 e. The van der Waals surface area contributed by atoms with Crippen LogP contribution in [0.3, 0.4) is 0 Å². The van der Waals surface area contributed by atoms with Crippen molar-refractivity contribution in [2.75, 3.05) is 0 Å². The SMILES string of the molecule is CC1CC1OC(=O)ONC1CC1. The second-order valence-electron chi connectivity index (χ2n) is 3.61. The molecule has 12 heavy (non-hydrogen) atoms. The molecule has 1 N–H and O–H groups in total. The standard InChI is InChI=1S/C8H13NO3/c1-5-4-7(5)11-8(10)12-9-6-2-3-6/h5-7,9H,2-4H2,1H3. The van der Waals surface area contributed by atoms with Crippen molar-refractivity contribution in [2.24, 2.45) is 5.92 Å². The molecule has 4 heteroatoms. The molecule has 0 aromatic rings. The first-order valence-corrected chi connectivity index (χ1v) is 4.38. The molecule has 0 aromatic heterocycles. The Kier molecular flexibility index (Phi) is 1.92. The van der Waals surface area contributed by atoms with Gasteiger partial charge in [-0.2, -0.15) is 0 Å². The van der Waals surface area contributed by atoms with E-state index in [0.29, 0.717) is 12.0 Å². The topological polar surface area (TPSA) is 47.6 Å². The Morgan fingerprint density at radius 3 is 2.67 bits per heavy atom. The van der Waals surface area contributed by atoms with Gasteiger partial charge in [-0.3, -0.25) is 0 Å². The minimum atomic E-state index is -0.587. The molecule has 2 fully saturated rings. The lowest BCUT2D eigenvalue weighted by molar-refractivity contribution is 0.00758. The summed E-state index contributed by atoms with van der Waals surface area (Å²) in [6.45, 7) is 2.05. The fraction of sp³-hybridized carbons (Fsp3) is 0.875. The van der Waals surface area contributed by atoms with Gasteiger partial charge in [0.05, 0.1) is 0 Å². The van der Waals surface area contributed by atoms with Gasteiger partial charge in [0, 0.05) is 6.04 Å². The molecule has 0 aliphatic heterocycles. The highest BCUT2D eigenvalue weighted by Crippen LogP contribution is 2.32. The molecule has 2 atom stereocenters. The van der Waals surface area contributed by atoms with Gasteiger partial charge in [-0.1, -0.05) is 6.92 Å². The summed E-state index contributed by atoms with van der Waals surface area (Å²) in [5, 5.41) is 0. The van der Waals surface area contributed by atoms with Gasteiger partial charge >= 0.3 is 6.16 Å². The molecule has 0 saturated heterocycles. The Labute approximate surface area is 71.2 Å². The summed E-state index contributed by atoms with van der Waals surface area (Å²) in [6, 6.07) is 0.370. The fourth-order valence-electron chi connectivity index (χ4n) is 0.932. The van der Waals surface area contributed by atoms with E-state index in [0.717, 1.165) is 19.3 Å². The van der Waals surface area contributed by atoms with Crippen LogP contribution < -0.4 is 5.48 Å². The van der Waals surface area contributed by atoms with Crippen LogP contribution >= 0.6 is 0 Å². The van der Waals surface area contributed by atoms with Crippen molar-refractivity contribution in [1.82, 2.24) is 5.48 Å². The fourth-order valence-corrected chi connectivity index (χ4v) is 0.932. The van der Waals surface area contributed by atoms with Crippen molar-refractivity contribution in [3.8, 4) is 0 Å². The van der Waals surface area contributed by atoms with Gasteiger partial charge in [-0.15, -0.1) is 5.48 Å². The van der Waals surface area contributed by atoms with Crippen LogP contribution in [0.2, 0.25) is 0 Å². The molecule has 0 amide bonds. The van der Waals surface area contributed by atoms with E-state index in [4.69, 9.17) is 4.74 Å². The molecule has 0 radical (unpaired) electrons. The molecular weight excluding hydrogens is 158 g/mol. The normalized spacial score (nSPS) is 32.8. The number of nitrogens with one attached hydrogen (secondary N) is 1. The van der Waals surface area contributed by atoms with Gasteiger partial charge in [-0.25, -0.2) is 4.79 Å². The average Bonchev–Trinajstić information content (AvgIpc) is 2.87. The van der Waals surface area contributed by atoms with E-state index in [1.807, 2.05) is 6.92 Å². The van der Waals surface area contributed by atoms with Gasteiger partial charge in [0.15, 0.2) is 0 Å². The maximum atomic E-state index is 10.9. The predicted molar refractivity (Wildman–Crippen MR) is 41.3 cm³/mol. The van der Waals surface area contributed by atoms with Crippen molar-refractivity contribution < 1.29 is 14.4 Å². The zero-order chi connectivity index (χ0) is 8.55. The summed E-state index contributed by atoms with van der Waals surface area (Å²) < 4.78 is 4.93. The summed E-state index contributed by atoms with van der Waals surface area (Å²) in [5.74, 6) is 0.512. The lowest BCUT2D eigenvalue weighted by atomic mass is 10.5. The molecule has 0 heterocycles. The molecule has 4 nitrogen and oxygen atoms in total. The summed E-state index contributed by atoms with van der Waals surface area (Å²) in [7, 11) is 0. The molecular formula is C8H13NO3. The molecule has 2 rings (SSSR count). The predicted octanol–water partition coefficient (Wildman–Crippen LogP) is 1.21. The summed E-state index contributed by atoms with van der Waals surface area (Å²) in [4.78, 5) is 15.5. The minimum Gasteiger partial charge on any atom is -0.429 e. The van der Waals surface area contributed by atoms with Crippen LogP contribution in [-0.2, 0) is 9.57 Å². The maximum Gasteiger partial charge on any atom is 0.528 e. The Morgan fingerprint density at radius 2 is 2.17 bits per heavy atom. The maximum absolute atomic E-state index is 10.9. The van der Waals surface area contributed by atoms with Gasteiger partial charge < -0.3 is 9.57 Å². The Bertz CT molecular complexity index is 191. The number of carbonyl (C=O) groups excluding carboxylic acids is 1. The lowest BCUT2D eigenvalue weighted by Gasteiger charge is -2.04. The summed E-state index contributed by atoms with van der Waals surface area (Å²) in [6.07, 6.45) is 2.66. The molecule has 2 aliphatic rings. The quantitative estimate of drug-likeness (QED) is 0.512. The first kappa shape index (κ1) is 7.86. The Morgan fingerprint density at radius 1 is 1.50 bits per heavy atom. The third-order valence-corrected chi connectivity index (χ3v) is 2.17. The number of hydrogen-bond acceptors (Lipinski definition) is 4. The third kappa shape index (κ3) is 2.11. The first-order chi connectivity index (χ1) is 5.75. The Hall–Kier alpha value is -0.770. The Balaban J connectivity index is 1.57. The second-order valence-corrected chi connectivity index (χ2v) is 3.61. The van der Waals surface area contributed by atoms with Crippen LogP contribution in [0, 0.1) is 5.92 Å². The highest BCUT2D eigenvalue weighted by molar-refractivity contribution is 5.60. The number of carbonyl (C=O) groups is 1. The molecule has 0 bridgehead atoms. The third-order valence-electron chi connectivity index (χ3n) is 2.17. The lowest BCUT2D eigenvalue weighted by Crippen LogP contribution is -2.23. The van der Waals surface area contributed by atoms with Crippen LogP contribution in [0.4, 0.5) is 4.79 Å². The van der Waals surface area contributed by atoms with Crippen LogP contribution in [-0.4, -0.2) is 18.3 Å². The first-order valence-electron chi connectivity index (χ1n) is 4.38. The largest absolute Gasteiger partial charge is 0.528 e. The molecule has 2 unspecified atom stereocenters. The number of rotatable bonds is 3. The molecule has 0 spiro atoms. The molecule has 68 valence electrons. The molecule has 2 aliphatic carbocycles. The average molecular weight is 171 g/mol. The number of hydrogen-bond donors (Lipinski definition) is 1. The molecule has 2 saturated carbocycles. The minimum absolute atomic E-state index is 0.0958. The number of hydroxylamine groups is 1. The van der Waals surface area contributed by atoms with Crippen LogP contribution in [0.5, 0.6) is 0 Å². The van der Waals surface area contributed by atoms with E-state index in [9.17, 15) is 4.79 Å². The zero-order valence-electron chi connectivity index (χ0n) is 7.08. The summed E-state index contributed by atoms with van der Waals surface area (Å²) in [5.41, 5.74) is 2.63. The summed E-state index contributed by atoms with van der Waals surface area (Å²) >= 11 is 0. The van der Waals surface area contributed by atoms with Gasteiger partial charge in [0.1, 0.15) is 6.10 Å². The monoisotopic (exact) mass is 171 g/mol. The van der Waals surface area contributed by atoms with E-state index in [-0.39, 0.29) is 6.10 Å². The van der Waals surface area contributed by atoms with Crippen molar-refractivity contribution >= 4 is 6.16 Å². The van der Waals surface area contributed by atoms with Gasteiger partial charge in [0.2, 0.25) is 0 Å². The zero-order valence-corrected chi connectivity index (χ0v) is 7.08. The van der Waals surface area contributed by atoms with E-state index >= 15 is 0 Å². The van der Waals surface area contributed by atoms with Gasteiger partial charge in [-0.05, 0) is 25.2 Å². The van der Waals surface area contributed by atoms with E-state index in [2.05, 4.69) is 10.3 Å². The second kappa shape index (κ2) is 2.94. The van der Waals surface area contributed by atoms with Crippen LogP contribution in [0.1, 0.15) is 26.2 Å². The molecule has 0 aromatic carbocycles.